The van der Waals surface area contributed by atoms with Gasteiger partial charge in [-0.2, -0.15) is 0 Å². The highest BCUT2D eigenvalue weighted by Crippen LogP contribution is 2.44. The molecule has 0 aromatic carbocycles. The molecule has 1 aromatic rings. The van der Waals surface area contributed by atoms with Gasteiger partial charge < -0.3 is 9.67 Å². The third kappa shape index (κ3) is 1.28. The van der Waals surface area contributed by atoms with E-state index in [0.29, 0.717) is 0 Å². The van der Waals surface area contributed by atoms with Crippen molar-refractivity contribution in [3.63, 3.8) is 0 Å². The van der Waals surface area contributed by atoms with Crippen molar-refractivity contribution in [2.75, 3.05) is 6.61 Å². The van der Waals surface area contributed by atoms with Crippen LogP contribution in [0.5, 0.6) is 0 Å². The Balaban J connectivity index is 2.58. The Morgan fingerprint density at radius 1 is 1.36 bits per heavy atom. The molecule has 0 saturated heterocycles. The summed E-state index contributed by atoms with van der Waals surface area (Å²) in [5, 5.41) is 9.33. The first-order chi connectivity index (χ1) is 6.59. The van der Waals surface area contributed by atoms with Crippen LogP contribution in [0.15, 0.2) is 16.9 Å². The van der Waals surface area contributed by atoms with Crippen LogP contribution in [0.3, 0.4) is 0 Å². The van der Waals surface area contributed by atoms with Crippen molar-refractivity contribution in [2.24, 2.45) is 0 Å². The number of hydrogen-bond donors (Lipinski definition) is 1. The number of rotatable bonds is 2. The Labute approximate surface area is 83.0 Å². The molecular weight excluding hydrogens is 178 g/mol. The van der Waals surface area contributed by atoms with Crippen LogP contribution in [0, 0.1) is 13.8 Å². The molecule has 0 amide bonds. The molecule has 1 saturated carbocycles. The Morgan fingerprint density at radius 3 is 2.21 bits per heavy atom. The highest BCUT2D eigenvalue weighted by Gasteiger charge is 2.44. The molecule has 1 aromatic heterocycles. The first-order valence-electron chi connectivity index (χ1n) is 4.91. The van der Waals surface area contributed by atoms with Gasteiger partial charge in [0.15, 0.2) is 5.43 Å². The summed E-state index contributed by atoms with van der Waals surface area (Å²) in [7, 11) is 0. The van der Waals surface area contributed by atoms with Crippen molar-refractivity contribution in [2.45, 2.75) is 32.2 Å². The fourth-order valence-corrected chi connectivity index (χ4v) is 2.21. The first kappa shape index (κ1) is 9.46. The summed E-state index contributed by atoms with van der Waals surface area (Å²) < 4.78 is 2.09. The minimum absolute atomic E-state index is 0.0463. The Hall–Kier alpha value is -1.09. The number of aromatic nitrogens is 1. The van der Waals surface area contributed by atoms with Crippen LogP contribution in [0.25, 0.3) is 0 Å². The summed E-state index contributed by atoms with van der Waals surface area (Å²) in [6, 6.07) is 3.26. The second kappa shape index (κ2) is 2.95. The second-order valence-corrected chi connectivity index (χ2v) is 4.19. The van der Waals surface area contributed by atoms with Gasteiger partial charge in [-0.15, -0.1) is 0 Å². The lowest BCUT2D eigenvalue weighted by molar-refractivity contribution is 0.209. The first-order valence-corrected chi connectivity index (χ1v) is 4.91. The topological polar surface area (TPSA) is 42.2 Å². The smallest absolute Gasteiger partial charge is 0.182 e. The van der Waals surface area contributed by atoms with Crippen LogP contribution in [0.2, 0.25) is 0 Å². The zero-order chi connectivity index (χ0) is 10.3. The highest BCUT2D eigenvalue weighted by atomic mass is 16.3. The minimum Gasteiger partial charge on any atom is -0.394 e. The molecule has 0 aliphatic heterocycles. The van der Waals surface area contributed by atoms with Gasteiger partial charge >= 0.3 is 0 Å². The number of aliphatic hydroxyl groups excluding tert-OH is 1. The summed E-state index contributed by atoms with van der Waals surface area (Å²) in [4.78, 5) is 11.2. The molecule has 1 aliphatic rings. The Kier molecular flexibility index (Phi) is 2.00. The van der Waals surface area contributed by atoms with E-state index in [1.54, 1.807) is 12.1 Å². The maximum atomic E-state index is 11.2. The summed E-state index contributed by atoms with van der Waals surface area (Å²) >= 11 is 0. The lowest BCUT2D eigenvalue weighted by Crippen LogP contribution is -2.27. The van der Waals surface area contributed by atoms with Crippen LogP contribution in [-0.2, 0) is 5.54 Å². The number of aryl methyl sites for hydroxylation is 2. The quantitative estimate of drug-likeness (QED) is 0.759. The maximum Gasteiger partial charge on any atom is 0.182 e. The van der Waals surface area contributed by atoms with Crippen molar-refractivity contribution in [1.82, 2.24) is 4.57 Å². The molecule has 1 N–H and O–H groups in total. The van der Waals surface area contributed by atoms with Crippen molar-refractivity contribution in [1.29, 1.82) is 0 Å². The Morgan fingerprint density at radius 2 is 1.86 bits per heavy atom. The molecule has 2 rings (SSSR count). The van der Waals surface area contributed by atoms with E-state index in [2.05, 4.69) is 4.57 Å². The van der Waals surface area contributed by atoms with Gasteiger partial charge in [0.1, 0.15) is 0 Å². The number of aliphatic hydroxyl groups is 1. The second-order valence-electron chi connectivity index (χ2n) is 4.19. The van der Waals surface area contributed by atoms with Crippen molar-refractivity contribution in [3.05, 3.63) is 33.7 Å². The van der Waals surface area contributed by atoms with Gasteiger partial charge in [-0.05, 0) is 26.7 Å². The molecule has 3 nitrogen and oxygen atoms in total. The highest BCUT2D eigenvalue weighted by molar-refractivity contribution is 5.19. The van der Waals surface area contributed by atoms with Gasteiger partial charge in [-0.1, -0.05) is 0 Å². The van der Waals surface area contributed by atoms with Crippen LogP contribution in [0.1, 0.15) is 24.2 Å². The van der Waals surface area contributed by atoms with Crippen LogP contribution in [0.4, 0.5) is 0 Å². The van der Waals surface area contributed by atoms with E-state index >= 15 is 0 Å². The minimum atomic E-state index is -0.109. The molecule has 1 aliphatic carbocycles. The molecule has 1 heterocycles. The zero-order valence-electron chi connectivity index (χ0n) is 8.58. The maximum absolute atomic E-state index is 11.2. The lowest BCUT2D eigenvalue weighted by atomic mass is 10.2. The molecular formula is C11H15NO2. The standard InChI is InChI=1S/C11H15NO2/c1-8-5-10(14)6-9(2)12(8)11(7-13)3-4-11/h5-6,13H,3-4,7H2,1-2H3. The molecule has 76 valence electrons. The predicted molar refractivity (Wildman–Crippen MR) is 54.5 cm³/mol. The zero-order valence-corrected chi connectivity index (χ0v) is 8.58. The van der Waals surface area contributed by atoms with Gasteiger partial charge in [-0.3, -0.25) is 4.79 Å². The summed E-state index contributed by atoms with van der Waals surface area (Å²) in [5.74, 6) is 0. The third-order valence-corrected chi connectivity index (χ3v) is 3.00. The van der Waals surface area contributed by atoms with Gasteiger partial charge in [0.05, 0.1) is 12.1 Å². The summed E-state index contributed by atoms with van der Waals surface area (Å²) in [6.07, 6.45) is 2.02. The van der Waals surface area contributed by atoms with Crippen LogP contribution < -0.4 is 5.43 Å². The van der Waals surface area contributed by atoms with E-state index in [-0.39, 0.29) is 17.6 Å². The molecule has 0 atom stereocenters. The Bertz CT molecular complexity index is 390. The number of hydrogen-bond acceptors (Lipinski definition) is 2. The van der Waals surface area contributed by atoms with Crippen LogP contribution in [-0.4, -0.2) is 16.3 Å². The largest absolute Gasteiger partial charge is 0.394 e. The van der Waals surface area contributed by atoms with Crippen molar-refractivity contribution >= 4 is 0 Å². The molecule has 0 bridgehead atoms. The van der Waals surface area contributed by atoms with Gasteiger partial charge in [0, 0.05) is 23.5 Å². The summed E-state index contributed by atoms with van der Waals surface area (Å²) in [6.45, 7) is 4.01. The number of pyridine rings is 1. The normalized spacial score (nSPS) is 18.2. The molecule has 0 spiro atoms. The van der Waals surface area contributed by atoms with E-state index in [0.717, 1.165) is 24.2 Å². The lowest BCUT2D eigenvalue weighted by Gasteiger charge is -2.22. The third-order valence-electron chi connectivity index (χ3n) is 3.00. The van der Waals surface area contributed by atoms with Gasteiger partial charge in [0.2, 0.25) is 0 Å². The fraction of sp³-hybridized carbons (Fsp3) is 0.545. The average Bonchev–Trinajstić information content (AvgIpc) is 2.83. The molecule has 14 heavy (non-hydrogen) atoms. The molecule has 3 heteroatoms. The van der Waals surface area contributed by atoms with Gasteiger partial charge in [0.25, 0.3) is 0 Å². The monoisotopic (exact) mass is 193 g/mol. The average molecular weight is 193 g/mol. The van der Waals surface area contributed by atoms with E-state index in [1.807, 2.05) is 13.8 Å². The van der Waals surface area contributed by atoms with E-state index in [1.165, 1.54) is 0 Å². The van der Waals surface area contributed by atoms with E-state index in [4.69, 9.17) is 0 Å². The molecule has 0 radical (unpaired) electrons. The molecule has 0 unspecified atom stereocenters. The van der Waals surface area contributed by atoms with E-state index < -0.39 is 0 Å². The predicted octanol–water partition coefficient (Wildman–Crippen LogP) is 0.947. The fourth-order valence-electron chi connectivity index (χ4n) is 2.21. The molecule has 1 fully saturated rings. The van der Waals surface area contributed by atoms with Gasteiger partial charge in [-0.25, -0.2) is 0 Å². The number of nitrogens with zero attached hydrogens (tertiary/aromatic N) is 1. The van der Waals surface area contributed by atoms with E-state index in [9.17, 15) is 9.90 Å². The van der Waals surface area contributed by atoms with Crippen molar-refractivity contribution in [3.8, 4) is 0 Å². The van der Waals surface area contributed by atoms with Crippen LogP contribution >= 0.6 is 0 Å². The summed E-state index contributed by atoms with van der Waals surface area (Å²) in [5.41, 5.74) is 1.83. The van der Waals surface area contributed by atoms with Crippen molar-refractivity contribution < 1.29 is 5.11 Å². The SMILES string of the molecule is Cc1cc(=O)cc(C)n1C1(CO)CC1.